The fraction of sp³-hybridized carbons (Fsp3) is 0.176. The summed E-state index contributed by atoms with van der Waals surface area (Å²) >= 11 is 6.29. The van der Waals surface area contributed by atoms with Crippen LogP contribution in [-0.2, 0) is 0 Å². The van der Waals surface area contributed by atoms with E-state index in [1.165, 1.54) is 44.2 Å². The molecule has 36 heavy (non-hydrogen) atoms. The highest BCUT2D eigenvalue weighted by Crippen LogP contribution is 2.41. The summed E-state index contributed by atoms with van der Waals surface area (Å²) in [7, 11) is 0. The van der Waals surface area contributed by atoms with Crippen LogP contribution in [0.1, 0.15) is 37.3 Å². The minimum atomic E-state index is 0.320. The SMILES string of the molecule is C=Cc1ccc(-c2ccc3c(c2)c2cc(C4C=CC(Cl)=CC4C)ccc2n3C2=CC=CCC2C)cc1. The first-order valence-electron chi connectivity index (χ1n) is 12.8. The van der Waals surface area contributed by atoms with E-state index in [0.717, 1.165) is 17.0 Å². The lowest BCUT2D eigenvalue weighted by molar-refractivity contribution is 0.634. The first kappa shape index (κ1) is 22.9. The van der Waals surface area contributed by atoms with E-state index in [2.05, 4.69) is 116 Å². The Labute approximate surface area is 218 Å². The van der Waals surface area contributed by atoms with Gasteiger partial charge >= 0.3 is 0 Å². The molecule has 1 nitrogen and oxygen atoms in total. The van der Waals surface area contributed by atoms with Crippen molar-refractivity contribution >= 4 is 45.2 Å². The maximum atomic E-state index is 6.29. The van der Waals surface area contributed by atoms with Crippen molar-refractivity contribution in [3.05, 3.63) is 120 Å². The Morgan fingerprint density at radius 2 is 1.64 bits per heavy atom. The summed E-state index contributed by atoms with van der Waals surface area (Å²) in [6.45, 7) is 8.46. The topological polar surface area (TPSA) is 4.93 Å². The molecule has 0 radical (unpaired) electrons. The van der Waals surface area contributed by atoms with Crippen molar-refractivity contribution in [1.29, 1.82) is 0 Å². The van der Waals surface area contributed by atoms with E-state index in [1.54, 1.807) is 0 Å². The molecule has 178 valence electrons. The molecule has 3 aromatic carbocycles. The summed E-state index contributed by atoms with van der Waals surface area (Å²) in [5.74, 6) is 1.15. The highest BCUT2D eigenvalue weighted by atomic mass is 35.5. The van der Waals surface area contributed by atoms with E-state index in [-0.39, 0.29) is 0 Å². The lowest BCUT2D eigenvalue weighted by atomic mass is 9.84. The van der Waals surface area contributed by atoms with Gasteiger partial charge in [-0.15, -0.1) is 0 Å². The van der Waals surface area contributed by atoms with Crippen molar-refractivity contribution < 1.29 is 0 Å². The smallest absolute Gasteiger partial charge is 0.0538 e. The second-order valence-corrected chi connectivity index (χ2v) is 10.6. The predicted molar refractivity (Wildman–Crippen MR) is 157 cm³/mol. The molecule has 0 N–H and O–H groups in total. The van der Waals surface area contributed by atoms with Gasteiger partial charge in [-0.2, -0.15) is 0 Å². The highest BCUT2D eigenvalue weighted by molar-refractivity contribution is 6.31. The fourth-order valence-corrected chi connectivity index (χ4v) is 6.01. The van der Waals surface area contributed by atoms with Gasteiger partial charge < -0.3 is 4.57 Å². The van der Waals surface area contributed by atoms with E-state index in [4.69, 9.17) is 11.6 Å². The summed E-state index contributed by atoms with van der Waals surface area (Å²) in [5, 5.41) is 3.42. The van der Waals surface area contributed by atoms with Gasteiger partial charge in [-0.3, -0.25) is 0 Å². The van der Waals surface area contributed by atoms with Crippen LogP contribution in [0.5, 0.6) is 0 Å². The molecule has 6 rings (SSSR count). The van der Waals surface area contributed by atoms with E-state index < -0.39 is 0 Å². The number of aromatic nitrogens is 1. The maximum Gasteiger partial charge on any atom is 0.0538 e. The minimum Gasteiger partial charge on any atom is -0.313 e. The van der Waals surface area contributed by atoms with Crippen LogP contribution in [0, 0.1) is 11.8 Å². The molecule has 2 aliphatic rings. The zero-order valence-corrected chi connectivity index (χ0v) is 21.5. The second-order valence-electron chi connectivity index (χ2n) is 10.1. The van der Waals surface area contributed by atoms with Crippen molar-refractivity contribution in [2.75, 3.05) is 0 Å². The van der Waals surface area contributed by atoms with E-state index in [9.17, 15) is 0 Å². The van der Waals surface area contributed by atoms with Gasteiger partial charge in [0.2, 0.25) is 0 Å². The van der Waals surface area contributed by atoms with Gasteiger partial charge in [0.05, 0.1) is 11.0 Å². The number of hydrogen-bond donors (Lipinski definition) is 0. The molecule has 2 aliphatic carbocycles. The zero-order valence-electron chi connectivity index (χ0n) is 20.8. The van der Waals surface area contributed by atoms with Gasteiger partial charge in [0.25, 0.3) is 0 Å². The lowest BCUT2D eigenvalue weighted by Crippen LogP contribution is -2.09. The molecule has 0 fully saturated rings. The van der Waals surface area contributed by atoms with Gasteiger partial charge in [0.1, 0.15) is 0 Å². The van der Waals surface area contributed by atoms with Crippen LogP contribution in [0.15, 0.2) is 109 Å². The number of rotatable bonds is 4. The van der Waals surface area contributed by atoms with Gasteiger partial charge in [0.15, 0.2) is 0 Å². The van der Waals surface area contributed by atoms with Gasteiger partial charge in [0, 0.05) is 33.3 Å². The van der Waals surface area contributed by atoms with Crippen LogP contribution in [0.25, 0.3) is 44.7 Å². The third-order valence-electron chi connectivity index (χ3n) is 7.76. The van der Waals surface area contributed by atoms with Crippen LogP contribution >= 0.6 is 11.6 Å². The van der Waals surface area contributed by atoms with Crippen molar-refractivity contribution in [3.8, 4) is 11.1 Å². The van der Waals surface area contributed by atoms with Gasteiger partial charge in [-0.25, -0.2) is 0 Å². The maximum absolute atomic E-state index is 6.29. The Bertz CT molecular complexity index is 1610. The molecule has 0 spiro atoms. The Hall–Kier alpha value is -3.55. The molecule has 0 aliphatic heterocycles. The molecule has 0 amide bonds. The van der Waals surface area contributed by atoms with Crippen LogP contribution < -0.4 is 0 Å². The molecule has 0 saturated heterocycles. The molecule has 3 atom stereocenters. The molecule has 4 aromatic rings. The Morgan fingerprint density at radius 1 is 0.917 bits per heavy atom. The Kier molecular flexibility index (Phi) is 5.82. The predicted octanol–water partition coefficient (Wildman–Crippen LogP) is 9.95. The van der Waals surface area contributed by atoms with Crippen LogP contribution in [0.3, 0.4) is 0 Å². The first-order valence-corrected chi connectivity index (χ1v) is 13.1. The van der Waals surface area contributed by atoms with Crippen molar-refractivity contribution in [2.45, 2.75) is 26.2 Å². The molecule has 2 heteroatoms. The van der Waals surface area contributed by atoms with Crippen molar-refractivity contribution in [1.82, 2.24) is 4.57 Å². The average Bonchev–Trinajstić information content (AvgIpc) is 3.22. The van der Waals surface area contributed by atoms with Crippen molar-refractivity contribution in [3.63, 3.8) is 0 Å². The summed E-state index contributed by atoms with van der Waals surface area (Å²) in [5.41, 5.74) is 8.80. The Balaban J connectivity index is 1.58. The molecule has 1 heterocycles. The number of allylic oxidation sites excluding steroid dienone is 8. The number of hydrogen-bond acceptors (Lipinski definition) is 0. The second kappa shape index (κ2) is 9.15. The summed E-state index contributed by atoms with van der Waals surface area (Å²) in [6, 6.07) is 22.6. The van der Waals surface area contributed by atoms with Gasteiger partial charge in [-0.1, -0.05) is 98.8 Å². The van der Waals surface area contributed by atoms with E-state index >= 15 is 0 Å². The molecule has 0 saturated carbocycles. The monoisotopic (exact) mass is 487 g/mol. The highest BCUT2D eigenvalue weighted by Gasteiger charge is 2.22. The molecule has 1 aromatic heterocycles. The third-order valence-corrected chi connectivity index (χ3v) is 8.01. The average molecular weight is 488 g/mol. The molecular weight excluding hydrogens is 458 g/mol. The largest absolute Gasteiger partial charge is 0.313 e. The third kappa shape index (κ3) is 3.88. The van der Waals surface area contributed by atoms with Crippen LogP contribution in [0.4, 0.5) is 0 Å². The van der Waals surface area contributed by atoms with E-state index in [0.29, 0.717) is 17.8 Å². The number of halogens is 1. The molecule has 3 unspecified atom stereocenters. The molecule has 0 bridgehead atoms. The quantitative estimate of drug-likeness (QED) is 0.270. The summed E-state index contributed by atoms with van der Waals surface area (Å²) in [4.78, 5) is 0. The number of benzene rings is 3. The Morgan fingerprint density at radius 3 is 2.36 bits per heavy atom. The minimum absolute atomic E-state index is 0.320. The van der Waals surface area contributed by atoms with Gasteiger partial charge in [-0.05, 0) is 71.0 Å². The first-order chi connectivity index (χ1) is 17.5. The number of fused-ring (bicyclic) bond motifs is 3. The fourth-order valence-electron chi connectivity index (χ4n) is 5.74. The summed E-state index contributed by atoms with van der Waals surface area (Å²) < 4.78 is 2.48. The van der Waals surface area contributed by atoms with Crippen molar-refractivity contribution in [2.24, 2.45) is 11.8 Å². The van der Waals surface area contributed by atoms with Crippen LogP contribution in [0.2, 0.25) is 0 Å². The molecular formula is C34H30ClN. The van der Waals surface area contributed by atoms with Crippen LogP contribution in [-0.4, -0.2) is 4.57 Å². The normalized spacial score (nSPS) is 21.6. The lowest BCUT2D eigenvalue weighted by Gasteiger charge is -2.23. The standard InChI is InChI=1S/C34H30ClN/c1-4-24-9-11-25(12-10-24)26-13-17-33-30(20-26)31-21-27(29-16-15-28(35)19-23(29)3)14-18-34(31)36(33)32-8-6-5-7-22(32)2/h4-6,8-23,29H,1,7H2,2-3H3. The van der Waals surface area contributed by atoms with E-state index in [1.807, 2.05) is 12.2 Å². The summed E-state index contributed by atoms with van der Waals surface area (Å²) in [6.07, 6.45) is 16.1. The number of nitrogens with zero attached hydrogens (tertiary/aromatic N) is 1. The zero-order chi connectivity index (χ0) is 24.8.